The third-order valence-corrected chi connectivity index (χ3v) is 9.33. The number of benzene rings is 4. The van der Waals surface area contributed by atoms with Gasteiger partial charge in [0.1, 0.15) is 12.2 Å². The topological polar surface area (TPSA) is 45.5 Å². The fourth-order valence-corrected chi connectivity index (χ4v) is 6.71. The van der Waals surface area contributed by atoms with Crippen LogP contribution >= 0.6 is 11.6 Å². The van der Waals surface area contributed by atoms with Crippen molar-refractivity contribution in [1.29, 1.82) is 0 Å². The number of fused-ring (bicyclic) bond motifs is 1. The second-order valence-corrected chi connectivity index (χ2v) is 12.9. The Labute approximate surface area is 272 Å². The molecule has 0 aliphatic carbocycles. The summed E-state index contributed by atoms with van der Waals surface area (Å²) in [4.78, 5) is 0. The van der Waals surface area contributed by atoms with Crippen LogP contribution in [0.5, 0.6) is 0 Å². The number of nitrogens with zero attached hydrogens (tertiary/aromatic N) is 2. The number of hydrogen-bond acceptors (Lipinski definition) is 4. The SMILES string of the molecule is CC[C@H]1O[C@@H](c2ccc(Cl)c(Cc3ccc4c(cnn4C(C)C)c3)c2)[C@H](OCc2ccccc2)[C@@H](OCc2ccccc2)[C@@H]1C. The van der Waals surface area contributed by atoms with E-state index in [0.717, 1.165) is 44.6 Å². The number of ether oxygens (including phenoxy) is 3. The zero-order chi connectivity index (χ0) is 31.3. The lowest BCUT2D eigenvalue weighted by atomic mass is 9.84. The van der Waals surface area contributed by atoms with Crippen molar-refractivity contribution < 1.29 is 14.2 Å². The number of aromatic nitrogens is 2. The molecule has 0 N–H and O–H groups in total. The lowest BCUT2D eigenvalue weighted by molar-refractivity contribution is -0.234. The fourth-order valence-electron chi connectivity index (χ4n) is 6.52. The molecule has 1 saturated heterocycles. The molecule has 0 radical (unpaired) electrons. The quantitative estimate of drug-likeness (QED) is 0.147. The summed E-state index contributed by atoms with van der Waals surface area (Å²) in [6.45, 7) is 9.70. The predicted octanol–water partition coefficient (Wildman–Crippen LogP) is 9.52. The molecular weight excluding hydrogens is 580 g/mol. The molecular formula is C39H43ClN2O3. The maximum absolute atomic E-state index is 6.89. The van der Waals surface area contributed by atoms with Gasteiger partial charge in [-0.1, -0.05) is 104 Å². The molecule has 0 bridgehead atoms. The standard InChI is InChI=1S/C39H43ClN2O3/c1-5-36-27(4)37(43-24-28-12-8-6-9-13-28)39(44-25-29-14-10-7-11-15-29)38(45-36)31-17-18-34(40)32(22-31)20-30-16-19-35-33(21-30)23-41-42(35)26(2)3/h6-19,21-23,26-27,36-39H,5,20,24-25H2,1-4H3/t27-,36-,37+,38+,39-/m1/s1. The molecule has 0 spiro atoms. The Morgan fingerprint density at radius 2 is 1.49 bits per heavy atom. The van der Waals surface area contributed by atoms with Crippen LogP contribution in [0.25, 0.3) is 10.9 Å². The van der Waals surface area contributed by atoms with Crippen molar-refractivity contribution in [3.63, 3.8) is 0 Å². The third kappa shape index (κ3) is 7.18. The van der Waals surface area contributed by atoms with Crippen molar-refractivity contribution >= 4 is 22.5 Å². The average molecular weight is 623 g/mol. The summed E-state index contributed by atoms with van der Waals surface area (Å²) in [6, 6.07) is 33.8. The highest BCUT2D eigenvalue weighted by Crippen LogP contribution is 2.41. The average Bonchev–Trinajstić information content (AvgIpc) is 3.49. The number of halogens is 1. The number of hydrogen-bond donors (Lipinski definition) is 0. The van der Waals surface area contributed by atoms with Crippen LogP contribution in [0.15, 0.2) is 103 Å². The van der Waals surface area contributed by atoms with Crippen LogP contribution in [0, 0.1) is 5.92 Å². The van der Waals surface area contributed by atoms with Crippen LogP contribution < -0.4 is 0 Å². The lowest BCUT2D eigenvalue weighted by Gasteiger charge is -2.46. The summed E-state index contributed by atoms with van der Waals surface area (Å²) in [5.74, 6) is 0.154. The van der Waals surface area contributed by atoms with Crippen molar-refractivity contribution in [2.75, 3.05) is 0 Å². The molecule has 234 valence electrons. The van der Waals surface area contributed by atoms with E-state index in [2.05, 4.69) is 104 Å². The van der Waals surface area contributed by atoms with Crippen LogP contribution in [-0.4, -0.2) is 28.1 Å². The van der Waals surface area contributed by atoms with Gasteiger partial charge in [-0.05, 0) is 72.7 Å². The van der Waals surface area contributed by atoms with Gasteiger partial charge in [0.25, 0.3) is 0 Å². The highest BCUT2D eigenvalue weighted by atomic mass is 35.5. The molecule has 0 saturated carbocycles. The minimum atomic E-state index is -0.307. The lowest BCUT2D eigenvalue weighted by Crippen LogP contribution is -2.51. The van der Waals surface area contributed by atoms with E-state index in [0.29, 0.717) is 25.7 Å². The highest BCUT2D eigenvalue weighted by molar-refractivity contribution is 6.31. The Morgan fingerprint density at radius 3 is 2.13 bits per heavy atom. The zero-order valence-electron chi connectivity index (χ0n) is 26.6. The maximum atomic E-state index is 6.89. The zero-order valence-corrected chi connectivity index (χ0v) is 27.4. The molecule has 6 rings (SSSR count). The first kappa shape index (κ1) is 31.5. The molecule has 5 aromatic rings. The summed E-state index contributed by atoms with van der Waals surface area (Å²) < 4.78 is 22.4. The van der Waals surface area contributed by atoms with E-state index >= 15 is 0 Å². The van der Waals surface area contributed by atoms with Gasteiger partial charge in [0.2, 0.25) is 0 Å². The first-order valence-corrected chi connectivity index (χ1v) is 16.5. The van der Waals surface area contributed by atoms with Crippen LogP contribution in [0.3, 0.4) is 0 Å². The molecule has 1 aliphatic rings. The van der Waals surface area contributed by atoms with Crippen LogP contribution in [0.2, 0.25) is 5.02 Å². The minimum Gasteiger partial charge on any atom is -0.370 e. The summed E-state index contributed by atoms with van der Waals surface area (Å²) >= 11 is 6.84. The Bertz CT molecular complexity index is 1690. The van der Waals surface area contributed by atoms with Crippen molar-refractivity contribution in [3.05, 3.63) is 136 Å². The van der Waals surface area contributed by atoms with Crippen molar-refractivity contribution in [3.8, 4) is 0 Å². The second kappa shape index (κ2) is 14.3. The van der Waals surface area contributed by atoms with Crippen molar-refractivity contribution in [2.24, 2.45) is 5.92 Å². The first-order chi connectivity index (χ1) is 21.9. The van der Waals surface area contributed by atoms with Gasteiger partial charge in [0.05, 0.1) is 37.1 Å². The van der Waals surface area contributed by atoms with E-state index in [4.69, 9.17) is 25.8 Å². The Kier molecular flexibility index (Phi) is 10.0. The smallest absolute Gasteiger partial charge is 0.115 e. The Balaban J connectivity index is 1.31. The van der Waals surface area contributed by atoms with Crippen LogP contribution in [0.4, 0.5) is 0 Å². The highest BCUT2D eigenvalue weighted by Gasteiger charge is 2.45. The summed E-state index contributed by atoms with van der Waals surface area (Å²) in [5, 5.41) is 6.47. The van der Waals surface area contributed by atoms with Gasteiger partial charge < -0.3 is 14.2 Å². The maximum Gasteiger partial charge on any atom is 0.115 e. The van der Waals surface area contributed by atoms with Crippen LogP contribution in [-0.2, 0) is 33.8 Å². The molecule has 5 nitrogen and oxygen atoms in total. The monoisotopic (exact) mass is 622 g/mol. The van der Waals surface area contributed by atoms with Gasteiger partial charge in [-0.3, -0.25) is 4.68 Å². The van der Waals surface area contributed by atoms with Gasteiger partial charge in [0.15, 0.2) is 0 Å². The van der Waals surface area contributed by atoms with E-state index in [9.17, 15) is 0 Å². The molecule has 1 fully saturated rings. The molecule has 6 heteroatoms. The van der Waals surface area contributed by atoms with E-state index in [-0.39, 0.29) is 30.3 Å². The molecule has 5 atom stereocenters. The first-order valence-electron chi connectivity index (χ1n) is 16.1. The van der Waals surface area contributed by atoms with Gasteiger partial charge >= 0.3 is 0 Å². The Morgan fingerprint density at radius 1 is 0.822 bits per heavy atom. The van der Waals surface area contributed by atoms with E-state index in [1.54, 1.807) is 0 Å². The van der Waals surface area contributed by atoms with Crippen molar-refractivity contribution in [1.82, 2.24) is 9.78 Å². The van der Waals surface area contributed by atoms with Crippen LogP contribution in [0.1, 0.15) is 74.1 Å². The van der Waals surface area contributed by atoms with E-state index < -0.39 is 0 Å². The summed E-state index contributed by atoms with van der Waals surface area (Å²) in [7, 11) is 0. The molecule has 4 aromatic carbocycles. The summed E-state index contributed by atoms with van der Waals surface area (Å²) in [5.41, 5.74) is 6.71. The molecule has 45 heavy (non-hydrogen) atoms. The molecule has 0 amide bonds. The molecule has 2 heterocycles. The largest absolute Gasteiger partial charge is 0.370 e. The second-order valence-electron chi connectivity index (χ2n) is 12.5. The van der Waals surface area contributed by atoms with Gasteiger partial charge in [-0.25, -0.2) is 0 Å². The third-order valence-electron chi connectivity index (χ3n) is 8.96. The molecule has 1 aromatic heterocycles. The van der Waals surface area contributed by atoms with Gasteiger partial charge in [-0.2, -0.15) is 5.10 Å². The number of rotatable bonds is 11. The normalized spacial score (nSPS) is 21.9. The Hall–Kier alpha value is -3.48. The fraction of sp³-hybridized carbons (Fsp3) is 0.359. The minimum absolute atomic E-state index is 0.0337. The molecule has 0 unspecified atom stereocenters. The van der Waals surface area contributed by atoms with Crippen molar-refractivity contribution in [2.45, 2.75) is 84.2 Å². The summed E-state index contributed by atoms with van der Waals surface area (Å²) in [6.07, 6.45) is 2.81. The molecule has 1 aliphatic heterocycles. The van der Waals surface area contributed by atoms with Gasteiger partial charge in [0, 0.05) is 22.4 Å². The predicted molar refractivity (Wildman–Crippen MR) is 181 cm³/mol. The van der Waals surface area contributed by atoms with Gasteiger partial charge in [-0.15, -0.1) is 0 Å². The van der Waals surface area contributed by atoms with E-state index in [1.807, 2.05) is 36.5 Å². The van der Waals surface area contributed by atoms with E-state index in [1.165, 1.54) is 5.56 Å².